The van der Waals surface area contributed by atoms with E-state index in [1.54, 1.807) is 6.07 Å². The van der Waals surface area contributed by atoms with Crippen LogP contribution in [0.2, 0.25) is 5.02 Å². The summed E-state index contributed by atoms with van der Waals surface area (Å²) in [5.41, 5.74) is 0.813. The predicted molar refractivity (Wildman–Crippen MR) is 57.1 cm³/mol. The Morgan fingerprint density at radius 2 is 2.07 bits per heavy atom. The molecule has 1 aromatic carbocycles. The molecular formula is C10H10ClNO3. The fourth-order valence-electron chi connectivity index (χ4n) is 1.07. The average molecular weight is 228 g/mol. The molecule has 0 aliphatic carbocycles. The van der Waals surface area contributed by atoms with Crippen molar-refractivity contribution < 1.29 is 14.3 Å². The predicted octanol–water partition coefficient (Wildman–Crippen LogP) is 2.08. The van der Waals surface area contributed by atoms with Gasteiger partial charge in [-0.15, -0.1) is 0 Å². The SMILES string of the molecule is COC(=O)c1ccc(NC(C)=O)cc1Cl. The Kier molecular flexibility index (Phi) is 3.68. The highest BCUT2D eigenvalue weighted by Crippen LogP contribution is 2.21. The van der Waals surface area contributed by atoms with Crippen LogP contribution in [0.15, 0.2) is 18.2 Å². The lowest BCUT2D eigenvalue weighted by Gasteiger charge is -2.05. The third-order valence-corrected chi connectivity index (χ3v) is 2.01. The lowest BCUT2D eigenvalue weighted by molar-refractivity contribution is -0.114. The first-order chi connectivity index (χ1) is 7.04. The number of benzene rings is 1. The van der Waals surface area contributed by atoms with E-state index in [0.29, 0.717) is 5.69 Å². The van der Waals surface area contributed by atoms with E-state index in [9.17, 15) is 9.59 Å². The molecule has 4 nitrogen and oxygen atoms in total. The number of hydrogen-bond acceptors (Lipinski definition) is 3. The molecule has 80 valence electrons. The molecular weight excluding hydrogens is 218 g/mol. The van der Waals surface area contributed by atoms with Gasteiger partial charge < -0.3 is 10.1 Å². The first kappa shape index (κ1) is 11.5. The van der Waals surface area contributed by atoms with Crippen molar-refractivity contribution in [1.29, 1.82) is 0 Å². The number of anilines is 1. The van der Waals surface area contributed by atoms with Crippen LogP contribution in [0.4, 0.5) is 5.69 Å². The molecule has 15 heavy (non-hydrogen) atoms. The number of ether oxygens (including phenoxy) is 1. The van der Waals surface area contributed by atoms with E-state index in [2.05, 4.69) is 10.1 Å². The van der Waals surface area contributed by atoms with Gasteiger partial charge in [0.2, 0.25) is 5.91 Å². The first-order valence-electron chi connectivity index (χ1n) is 4.20. The molecule has 0 saturated heterocycles. The van der Waals surface area contributed by atoms with E-state index < -0.39 is 5.97 Å². The second-order valence-electron chi connectivity index (χ2n) is 2.87. The van der Waals surface area contributed by atoms with Gasteiger partial charge in [0, 0.05) is 12.6 Å². The van der Waals surface area contributed by atoms with Crippen LogP contribution in [-0.2, 0) is 9.53 Å². The number of amides is 1. The van der Waals surface area contributed by atoms with Crippen molar-refractivity contribution >= 4 is 29.2 Å². The molecule has 0 aliphatic heterocycles. The molecule has 0 fully saturated rings. The zero-order valence-corrected chi connectivity index (χ0v) is 9.09. The highest BCUT2D eigenvalue weighted by molar-refractivity contribution is 6.33. The standard InChI is InChI=1S/C10H10ClNO3/c1-6(13)12-7-3-4-8(9(11)5-7)10(14)15-2/h3-5H,1-2H3,(H,12,13). The zero-order valence-electron chi connectivity index (χ0n) is 8.33. The molecule has 0 saturated carbocycles. The van der Waals surface area contributed by atoms with Gasteiger partial charge in [-0.2, -0.15) is 0 Å². The van der Waals surface area contributed by atoms with Gasteiger partial charge in [0.15, 0.2) is 0 Å². The number of carbonyl (C=O) groups is 2. The summed E-state index contributed by atoms with van der Waals surface area (Å²) in [5.74, 6) is -0.703. The van der Waals surface area contributed by atoms with E-state index in [-0.39, 0.29) is 16.5 Å². The lowest BCUT2D eigenvalue weighted by Crippen LogP contribution is -2.07. The fourth-order valence-corrected chi connectivity index (χ4v) is 1.33. The van der Waals surface area contributed by atoms with Crippen LogP contribution in [0, 0.1) is 0 Å². The normalized spacial score (nSPS) is 9.53. The van der Waals surface area contributed by atoms with Gasteiger partial charge in [-0.3, -0.25) is 4.79 Å². The summed E-state index contributed by atoms with van der Waals surface area (Å²) in [4.78, 5) is 21.9. The Labute approximate surface area is 92.2 Å². The Balaban J connectivity index is 2.97. The van der Waals surface area contributed by atoms with Gasteiger partial charge >= 0.3 is 5.97 Å². The van der Waals surface area contributed by atoms with Gasteiger partial charge in [0.25, 0.3) is 0 Å². The Morgan fingerprint density at radius 3 is 2.53 bits per heavy atom. The molecule has 0 atom stereocenters. The number of esters is 1. The average Bonchev–Trinajstić information content (AvgIpc) is 2.16. The van der Waals surface area contributed by atoms with Crippen LogP contribution in [-0.4, -0.2) is 19.0 Å². The summed E-state index contributed by atoms with van der Waals surface area (Å²) < 4.78 is 4.53. The van der Waals surface area contributed by atoms with Crippen molar-refractivity contribution in [1.82, 2.24) is 0 Å². The van der Waals surface area contributed by atoms with Gasteiger partial charge in [-0.25, -0.2) is 4.79 Å². The third kappa shape index (κ3) is 2.95. The second kappa shape index (κ2) is 4.79. The van der Waals surface area contributed by atoms with Crippen molar-refractivity contribution in [3.8, 4) is 0 Å². The van der Waals surface area contributed by atoms with Crippen LogP contribution in [0.5, 0.6) is 0 Å². The molecule has 0 bridgehead atoms. The molecule has 0 radical (unpaired) electrons. The zero-order chi connectivity index (χ0) is 11.4. The van der Waals surface area contributed by atoms with E-state index in [4.69, 9.17) is 11.6 Å². The van der Waals surface area contributed by atoms with Crippen LogP contribution in [0.1, 0.15) is 17.3 Å². The minimum Gasteiger partial charge on any atom is -0.465 e. The summed E-state index contributed by atoms with van der Waals surface area (Å²) in [6.45, 7) is 1.39. The van der Waals surface area contributed by atoms with Crippen LogP contribution in [0.3, 0.4) is 0 Å². The smallest absolute Gasteiger partial charge is 0.339 e. The summed E-state index contributed by atoms with van der Waals surface area (Å²) >= 11 is 5.83. The van der Waals surface area contributed by atoms with E-state index in [0.717, 1.165) is 0 Å². The van der Waals surface area contributed by atoms with Crippen molar-refractivity contribution in [2.75, 3.05) is 12.4 Å². The van der Waals surface area contributed by atoms with Gasteiger partial charge in [-0.1, -0.05) is 11.6 Å². The number of hydrogen-bond donors (Lipinski definition) is 1. The largest absolute Gasteiger partial charge is 0.465 e. The number of halogens is 1. The fraction of sp³-hybridized carbons (Fsp3) is 0.200. The molecule has 0 unspecified atom stereocenters. The minimum atomic E-state index is -0.505. The molecule has 1 rings (SSSR count). The molecule has 1 amide bonds. The maximum atomic E-state index is 11.2. The minimum absolute atomic E-state index is 0.197. The van der Waals surface area contributed by atoms with Crippen LogP contribution < -0.4 is 5.32 Å². The van der Waals surface area contributed by atoms with Gasteiger partial charge in [0.05, 0.1) is 17.7 Å². The second-order valence-corrected chi connectivity index (χ2v) is 3.27. The van der Waals surface area contributed by atoms with Crippen molar-refractivity contribution in [3.63, 3.8) is 0 Å². The molecule has 5 heteroatoms. The molecule has 0 heterocycles. The van der Waals surface area contributed by atoms with Crippen LogP contribution >= 0.6 is 11.6 Å². The topological polar surface area (TPSA) is 55.4 Å². The molecule has 0 aromatic heterocycles. The number of nitrogens with one attached hydrogen (secondary N) is 1. The van der Waals surface area contributed by atoms with Gasteiger partial charge in [0.1, 0.15) is 0 Å². The Bertz CT molecular complexity index is 404. The Hall–Kier alpha value is -1.55. The highest BCUT2D eigenvalue weighted by Gasteiger charge is 2.10. The van der Waals surface area contributed by atoms with Gasteiger partial charge in [-0.05, 0) is 18.2 Å². The van der Waals surface area contributed by atoms with E-state index in [1.165, 1.54) is 26.2 Å². The maximum absolute atomic E-state index is 11.2. The van der Waals surface area contributed by atoms with E-state index >= 15 is 0 Å². The summed E-state index contributed by atoms with van der Waals surface area (Å²) in [5, 5.41) is 2.80. The lowest BCUT2D eigenvalue weighted by atomic mass is 10.2. The number of methoxy groups -OCH3 is 1. The molecule has 1 aromatic rings. The highest BCUT2D eigenvalue weighted by atomic mass is 35.5. The Morgan fingerprint density at radius 1 is 1.40 bits per heavy atom. The summed E-state index contributed by atoms with van der Waals surface area (Å²) in [7, 11) is 1.28. The monoisotopic (exact) mass is 227 g/mol. The van der Waals surface area contributed by atoms with Crippen molar-refractivity contribution in [3.05, 3.63) is 28.8 Å². The van der Waals surface area contributed by atoms with Crippen molar-refractivity contribution in [2.45, 2.75) is 6.92 Å². The number of carbonyl (C=O) groups excluding carboxylic acids is 2. The third-order valence-electron chi connectivity index (χ3n) is 1.69. The quantitative estimate of drug-likeness (QED) is 0.787. The summed E-state index contributed by atoms with van der Waals surface area (Å²) in [6.07, 6.45) is 0. The molecule has 1 N–H and O–H groups in total. The van der Waals surface area contributed by atoms with E-state index in [1.807, 2.05) is 0 Å². The summed E-state index contributed by atoms with van der Waals surface area (Å²) in [6, 6.07) is 4.58. The van der Waals surface area contributed by atoms with Crippen molar-refractivity contribution in [2.24, 2.45) is 0 Å². The first-order valence-corrected chi connectivity index (χ1v) is 4.58. The number of rotatable bonds is 2. The molecule has 0 spiro atoms. The maximum Gasteiger partial charge on any atom is 0.339 e. The van der Waals surface area contributed by atoms with Crippen LogP contribution in [0.25, 0.3) is 0 Å². The molecule has 0 aliphatic rings.